The maximum absolute atomic E-state index is 13.1. The molecule has 2 N–H and O–H groups in total. The number of rotatable bonds is 5. The van der Waals surface area contributed by atoms with Crippen molar-refractivity contribution < 1.29 is 32.5 Å². The highest BCUT2D eigenvalue weighted by Crippen LogP contribution is 2.41. The van der Waals surface area contributed by atoms with Crippen molar-refractivity contribution in [2.24, 2.45) is 0 Å². The number of nitrogens with one attached hydrogen (secondary N) is 1. The molecular formula is C22H23F3N2O4. The molecule has 6 nitrogen and oxygen atoms in total. The summed E-state index contributed by atoms with van der Waals surface area (Å²) in [6.45, 7) is 7.27. The second-order valence-corrected chi connectivity index (χ2v) is 7.76. The second kappa shape index (κ2) is 8.76. The van der Waals surface area contributed by atoms with Gasteiger partial charge in [0.2, 0.25) is 0 Å². The normalized spacial score (nSPS) is 11.6. The molecule has 0 spiro atoms. The molecule has 2 rings (SSSR count). The number of methoxy groups -OCH3 is 1. The van der Waals surface area contributed by atoms with Gasteiger partial charge in [-0.1, -0.05) is 27.7 Å². The number of benzene rings is 2. The molecule has 2 aromatic rings. The first-order valence-electron chi connectivity index (χ1n) is 9.36. The Morgan fingerprint density at radius 3 is 2.32 bits per heavy atom. The fourth-order valence-corrected chi connectivity index (χ4v) is 3.13. The molecule has 0 atom stereocenters. The van der Waals surface area contributed by atoms with Crippen molar-refractivity contribution in [2.45, 2.75) is 45.9 Å². The van der Waals surface area contributed by atoms with Crippen molar-refractivity contribution in [2.75, 3.05) is 12.4 Å². The number of amides is 1. The Kier molecular flexibility index (Phi) is 6.74. The van der Waals surface area contributed by atoms with E-state index in [-0.39, 0.29) is 22.6 Å². The molecule has 0 fully saturated rings. The number of nitriles is 1. The number of anilines is 1. The molecule has 0 aliphatic heterocycles. The van der Waals surface area contributed by atoms with Gasteiger partial charge in [-0.25, -0.2) is 0 Å². The molecule has 2 aromatic carbocycles. The standard InChI is InChI=1S/C22H23F3N2O4/c1-6-13-16(30-5)10-14(21(2,3)4)19(28)18(13)20(29)27-15-8-7-12(11-26)9-17(15)31-22(23,24)25/h7-10,28H,6H2,1-5H3,(H,27,29). The number of phenols is 1. The zero-order valence-corrected chi connectivity index (χ0v) is 17.8. The Bertz CT molecular complexity index is 1040. The number of carbonyl (C=O) groups is 1. The number of aromatic hydroxyl groups is 1. The Morgan fingerprint density at radius 1 is 1.19 bits per heavy atom. The van der Waals surface area contributed by atoms with Crippen LogP contribution < -0.4 is 14.8 Å². The van der Waals surface area contributed by atoms with Gasteiger partial charge in [0, 0.05) is 17.2 Å². The Labute approximate surface area is 178 Å². The number of alkyl halides is 3. The third-order valence-corrected chi connectivity index (χ3v) is 4.56. The number of halogens is 3. The first-order chi connectivity index (χ1) is 14.3. The zero-order chi connectivity index (χ0) is 23.6. The van der Waals surface area contributed by atoms with Crippen LogP contribution in [0.5, 0.6) is 17.2 Å². The predicted molar refractivity (Wildman–Crippen MR) is 109 cm³/mol. The smallest absolute Gasteiger partial charge is 0.507 e. The third-order valence-electron chi connectivity index (χ3n) is 4.56. The summed E-state index contributed by atoms with van der Waals surface area (Å²) in [4.78, 5) is 13.1. The molecular weight excluding hydrogens is 413 g/mol. The molecule has 1 amide bonds. The molecule has 0 bridgehead atoms. The van der Waals surface area contributed by atoms with Gasteiger partial charge in [0.1, 0.15) is 11.5 Å². The number of hydrogen-bond acceptors (Lipinski definition) is 5. The lowest BCUT2D eigenvalue weighted by Gasteiger charge is -2.25. The van der Waals surface area contributed by atoms with E-state index in [0.29, 0.717) is 23.3 Å². The number of carbonyl (C=O) groups excluding carboxylic acids is 1. The van der Waals surface area contributed by atoms with E-state index in [4.69, 9.17) is 10.00 Å². The fourth-order valence-electron chi connectivity index (χ4n) is 3.13. The number of nitrogens with zero attached hydrogens (tertiary/aromatic N) is 1. The first-order valence-corrected chi connectivity index (χ1v) is 9.36. The number of phenolic OH excluding ortho intramolecular Hbond substituents is 1. The van der Waals surface area contributed by atoms with Gasteiger partial charge in [-0.3, -0.25) is 4.79 Å². The van der Waals surface area contributed by atoms with Crippen molar-refractivity contribution in [1.29, 1.82) is 5.26 Å². The lowest BCUT2D eigenvalue weighted by Crippen LogP contribution is -2.21. The molecule has 0 aliphatic carbocycles. The Hall–Kier alpha value is -3.41. The molecule has 31 heavy (non-hydrogen) atoms. The summed E-state index contributed by atoms with van der Waals surface area (Å²) in [5.74, 6) is -1.48. The Morgan fingerprint density at radius 2 is 1.84 bits per heavy atom. The zero-order valence-electron chi connectivity index (χ0n) is 17.8. The van der Waals surface area contributed by atoms with E-state index in [0.717, 1.165) is 12.1 Å². The Balaban J connectivity index is 2.62. The minimum atomic E-state index is -5.03. The van der Waals surface area contributed by atoms with E-state index >= 15 is 0 Å². The summed E-state index contributed by atoms with van der Waals surface area (Å²) in [6.07, 6.45) is -4.71. The lowest BCUT2D eigenvalue weighted by atomic mass is 9.83. The highest BCUT2D eigenvalue weighted by atomic mass is 19.4. The molecule has 9 heteroatoms. The van der Waals surface area contributed by atoms with Crippen molar-refractivity contribution in [3.05, 3.63) is 46.5 Å². The van der Waals surface area contributed by atoms with Crippen LogP contribution in [0.1, 0.15) is 54.7 Å². The van der Waals surface area contributed by atoms with Crippen LogP contribution in [-0.2, 0) is 11.8 Å². The van der Waals surface area contributed by atoms with Gasteiger partial charge in [0.15, 0.2) is 5.75 Å². The second-order valence-electron chi connectivity index (χ2n) is 7.76. The van der Waals surface area contributed by atoms with Crippen LogP contribution in [0.3, 0.4) is 0 Å². The number of ether oxygens (including phenoxy) is 2. The van der Waals surface area contributed by atoms with Crippen molar-refractivity contribution in [1.82, 2.24) is 0 Å². The average molecular weight is 436 g/mol. The first kappa shape index (κ1) is 23.9. The van der Waals surface area contributed by atoms with Gasteiger partial charge in [-0.2, -0.15) is 5.26 Å². The molecule has 0 saturated carbocycles. The highest BCUT2D eigenvalue weighted by Gasteiger charge is 2.33. The summed E-state index contributed by atoms with van der Waals surface area (Å²) >= 11 is 0. The number of hydrogen-bond donors (Lipinski definition) is 2. The van der Waals surface area contributed by atoms with E-state index in [2.05, 4.69) is 10.1 Å². The fraction of sp³-hybridized carbons (Fsp3) is 0.364. The molecule has 0 unspecified atom stereocenters. The van der Waals surface area contributed by atoms with E-state index in [1.165, 1.54) is 13.2 Å². The third kappa shape index (κ3) is 5.40. The van der Waals surface area contributed by atoms with Crippen molar-refractivity contribution >= 4 is 11.6 Å². The van der Waals surface area contributed by atoms with Crippen LogP contribution in [-0.4, -0.2) is 24.5 Å². The summed E-state index contributed by atoms with van der Waals surface area (Å²) < 4.78 is 47.8. The van der Waals surface area contributed by atoms with E-state index < -0.39 is 23.4 Å². The van der Waals surface area contributed by atoms with E-state index in [1.807, 2.05) is 20.8 Å². The maximum atomic E-state index is 13.1. The van der Waals surface area contributed by atoms with Crippen LogP contribution in [0.2, 0.25) is 0 Å². The van der Waals surface area contributed by atoms with Gasteiger partial charge in [0.25, 0.3) is 5.91 Å². The summed E-state index contributed by atoms with van der Waals surface area (Å²) in [5.41, 5.74) is -0.184. The summed E-state index contributed by atoms with van der Waals surface area (Å²) in [6, 6.07) is 6.60. The SMILES string of the molecule is CCc1c(OC)cc(C(C)(C)C)c(O)c1C(=O)Nc1ccc(C#N)cc1OC(F)(F)F. The van der Waals surface area contributed by atoms with Gasteiger partial charge in [-0.05, 0) is 30.0 Å². The largest absolute Gasteiger partial charge is 0.573 e. The molecule has 0 aromatic heterocycles. The monoisotopic (exact) mass is 436 g/mol. The van der Waals surface area contributed by atoms with Crippen LogP contribution in [0.4, 0.5) is 18.9 Å². The minimum Gasteiger partial charge on any atom is -0.507 e. The molecule has 0 aliphatic rings. The van der Waals surface area contributed by atoms with Gasteiger partial charge < -0.3 is 19.9 Å². The maximum Gasteiger partial charge on any atom is 0.573 e. The molecule has 0 saturated heterocycles. The summed E-state index contributed by atoms with van der Waals surface area (Å²) in [7, 11) is 1.43. The van der Waals surface area contributed by atoms with Crippen LogP contribution in [0.15, 0.2) is 24.3 Å². The van der Waals surface area contributed by atoms with Gasteiger partial charge >= 0.3 is 6.36 Å². The van der Waals surface area contributed by atoms with E-state index in [9.17, 15) is 23.1 Å². The van der Waals surface area contributed by atoms with Gasteiger partial charge in [0.05, 0.1) is 30.0 Å². The van der Waals surface area contributed by atoms with Crippen molar-refractivity contribution in [3.8, 4) is 23.3 Å². The molecule has 0 radical (unpaired) electrons. The predicted octanol–water partition coefficient (Wildman–Crippen LogP) is 5.28. The van der Waals surface area contributed by atoms with Crippen LogP contribution >= 0.6 is 0 Å². The summed E-state index contributed by atoms with van der Waals surface area (Å²) in [5, 5.41) is 22.2. The highest BCUT2D eigenvalue weighted by molar-refractivity contribution is 6.08. The molecule has 166 valence electrons. The lowest BCUT2D eigenvalue weighted by molar-refractivity contribution is -0.274. The average Bonchev–Trinajstić information content (AvgIpc) is 2.66. The van der Waals surface area contributed by atoms with Crippen LogP contribution in [0.25, 0.3) is 0 Å². The van der Waals surface area contributed by atoms with E-state index in [1.54, 1.807) is 19.1 Å². The minimum absolute atomic E-state index is 0.0780. The van der Waals surface area contributed by atoms with Crippen LogP contribution in [0, 0.1) is 11.3 Å². The van der Waals surface area contributed by atoms with Crippen molar-refractivity contribution in [3.63, 3.8) is 0 Å². The quantitative estimate of drug-likeness (QED) is 0.665. The topological polar surface area (TPSA) is 91.6 Å². The molecule has 0 heterocycles. The van der Waals surface area contributed by atoms with Gasteiger partial charge in [-0.15, -0.1) is 13.2 Å².